The summed E-state index contributed by atoms with van der Waals surface area (Å²) in [6, 6.07) is 6.39. The van der Waals surface area contributed by atoms with Crippen LogP contribution in [0.1, 0.15) is 30.2 Å². The summed E-state index contributed by atoms with van der Waals surface area (Å²) in [7, 11) is 0. The van der Waals surface area contributed by atoms with Gasteiger partial charge >= 0.3 is 0 Å². The summed E-state index contributed by atoms with van der Waals surface area (Å²) in [6.45, 7) is 4.13. The predicted molar refractivity (Wildman–Crippen MR) is 63.6 cm³/mol. The van der Waals surface area contributed by atoms with Crippen molar-refractivity contribution in [1.82, 2.24) is 10.3 Å². The topological polar surface area (TPSA) is 38.1 Å². The van der Waals surface area contributed by atoms with Crippen LogP contribution in [0.4, 0.5) is 0 Å². The van der Waals surface area contributed by atoms with Gasteiger partial charge in [0.25, 0.3) is 0 Å². The van der Waals surface area contributed by atoms with Crippen LogP contribution in [0.15, 0.2) is 22.6 Å². The molecule has 2 heterocycles. The van der Waals surface area contributed by atoms with Crippen LogP contribution in [-0.4, -0.2) is 18.1 Å². The standard InChI is InChI=1S/C13H16N2O/c1-9-15-12-5-4-10(7-13(12)16-9)11-3-2-6-14-8-11/h4-5,7,11,14H,2-3,6,8H2,1H3. The highest BCUT2D eigenvalue weighted by Gasteiger charge is 2.16. The molecule has 1 aromatic heterocycles. The highest BCUT2D eigenvalue weighted by molar-refractivity contribution is 5.73. The van der Waals surface area contributed by atoms with E-state index in [1.807, 2.05) is 6.92 Å². The van der Waals surface area contributed by atoms with Crippen molar-refractivity contribution in [1.29, 1.82) is 0 Å². The second-order valence-corrected chi connectivity index (χ2v) is 4.50. The lowest BCUT2D eigenvalue weighted by Crippen LogP contribution is -2.28. The van der Waals surface area contributed by atoms with Crippen LogP contribution in [0, 0.1) is 6.92 Å². The first kappa shape index (κ1) is 9.85. The molecule has 16 heavy (non-hydrogen) atoms. The van der Waals surface area contributed by atoms with Crippen molar-refractivity contribution in [3.05, 3.63) is 29.7 Å². The Morgan fingerprint density at radius 2 is 2.38 bits per heavy atom. The number of piperidine rings is 1. The van der Waals surface area contributed by atoms with Crippen molar-refractivity contribution in [3.63, 3.8) is 0 Å². The number of oxazole rings is 1. The van der Waals surface area contributed by atoms with E-state index in [1.165, 1.54) is 18.4 Å². The molecule has 1 aromatic carbocycles. The molecule has 3 heteroatoms. The third-order valence-corrected chi connectivity index (χ3v) is 3.29. The molecule has 0 amide bonds. The van der Waals surface area contributed by atoms with Gasteiger partial charge in [-0.2, -0.15) is 0 Å². The Labute approximate surface area is 94.9 Å². The van der Waals surface area contributed by atoms with Gasteiger partial charge in [0, 0.05) is 13.5 Å². The van der Waals surface area contributed by atoms with Crippen LogP contribution < -0.4 is 5.32 Å². The second-order valence-electron chi connectivity index (χ2n) is 4.50. The molecule has 1 fully saturated rings. The number of fused-ring (bicyclic) bond motifs is 1. The first-order valence-electron chi connectivity index (χ1n) is 5.91. The largest absolute Gasteiger partial charge is 0.441 e. The normalized spacial score (nSPS) is 21.4. The molecule has 2 aromatic rings. The van der Waals surface area contributed by atoms with E-state index in [0.29, 0.717) is 5.92 Å². The van der Waals surface area contributed by atoms with Crippen LogP contribution in [-0.2, 0) is 0 Å². The summed E-state index contributed by atoms with van der Waals surface area (Å²) in [6.07, 6.45) is 2.53. The van der Waals surface area contributed by atoms with Crippen LogP contribution in [0.25, 0.3) is 11.1 Å². The maximum Gasteiger partial charge on any atom is 0.192 e. The molecule has 0 radical (unpaired) electrons. The molecule has 1 aliphatic rings. The molecule has 3 rings (SSSR count). The Morgan fingerprint density at radius 3 is 3.19 bits per heavy atom. The van der Waals surface area contributed by atoms with E-state index in [4.69, 9.17) is 4.42 Å². The van der Waals surface area contributed by atoms with Gasteiger partial charge in [0.2, 0.25) is 0 Å². The first-order chi connectivity index (χ1) is 7.83. The summed E-state index contributed by atoms with van der Waals surface area (Å²) in [4.78, 5) is 4.32. The summed E-state index contributed by atoms with van der Waals surface area (Å²) >= 11 is 0. The molecule has 1 saturated heterocycles. The lowest BCUT2D eigenvalue weighted by Gasteiger charge is -2.22. The van der Waals surface area contributed by atoms with Crippen molar-refractivity contribution in [2.24, 2.45) is 0 Å². The summed E-state index contributed by atoms with van der Waals surface area (Å²) in [5, 5.41) is 3.44. The highest BCUT2D eigenvalue weighted by atomic mass is 16.3. The lowest BCUT2D eigenvalue weighted by atomic mass is 9.91. The molecule has 3 nitrogen and oxygen atoms in total. The van der Waals surface area contributed by atoms with Crippen LogP contribution >= 0.6 is 0 Å². The maximum atomic E-state index is 5.57. The Kier molecular flexibility index (Phi) is 2.40. The van der Waals surface area contributed by atoms with Crippen molar-refractivity contribution >= 4 is 11.1 Å². The third kappa shape index (κ3) is 1.71. The van der Waals surface area contributed by atoms with Crippen LogP contribution in [0.2, 0.25) is 0 Å². The van der Waals surface area contributed by atoms with Gasteiger partial charge in [0.05, 0.1) is 0 Å². The Hall–Kier alpha value is -1.35. The average Bonchev–Trinajstić information content (AvgIpc) is 2.69. The number of aryl methyl sites for hydroxylation is 1. The second kappa shape index (κ2) is 3.91. The number of benzene rings is 1. The number of aromatic nitrogens is 1. The van der Waals surface area contributed by atoms with E-state index in [2.05, 4.69) is 28.5 Å². The Morgan fingerprint density at radius 1 is 1.44 bits per heavy atom. The Balaban J connectivity index is 1.97. The Bertz CT molecular complexity index is 498. The van der Waals surface area contributed by atoms with Crippen molar-refractivity contribution < 1.29 is 4.42 Å². The molecule has 0 bridgehead atoms. The zero-order chi connectivity index (χ0) is 11.0. The smallest absolute Gasteiger partial charge is 0.192 e. The predicted octanol–water partition coefficient (Wildman–Crippen LogP) is 2.60. The number of hydrogen-bond acceptors (Lipinski definition) is 3. The first-order valence-corrected chi connectivity index (χ1v) is 5.91. The minimum Gasteiger partial charge on any atom is -0.441 e. The van der Waals surface area contributed by atoms with Gasteiger partial charge in [0.1, 0.15) is 5.52 Å². The average molecular weight is 216 g/mol. The van der Waals surface area contributed by atoms with E-state index >= 15 is 0 Å². The summed E-state index contributed by atoms with van der Waals surface area (Å²) in [5.41, 5.74) is 3.25. The molecule has 0 spiro atoms. The summed E-state index contributed by atoms with van der Waals surface area (Å²) < 4.78 is 5.57. The van der Waals surface area contributed by atoms with Crippen LogP contribution in [0.5, 0.6) is 0 Å². The summed E-state index contributed by atoms with van der Waals surface area (Å²) in [5.74, 6) is 1.37. The zero-order valence-corrected chi connectivity index (χ0v) is 9.49. The molecule has 0 aliphatic carbocycles. The molecule has 1 atom stereocenters. The molecule has 1 N–H and O–H groups in total. The minimum atomic E-state index is 0.628. The lowest BCUT2D eigenvalue weighted by molar-refractivity contribution is 0.461. The highest BCUT2D eigenvalue weighted by Crippen LogP contribution is 2.26. The third-order valence-electron chi connectivity index (χ3n) is 3.29. The zero-order valence-electron chi connectivity index (χ0n) is 9.49. The van der Waals surface area contributed by atoms with E-state index in [9.17, 15) is 0 Å². The number of rotatable bonds is 1. The van der Waals surface area contributed by atoms with Gasteiger partial charge in [-0.25, -0.2) is 4.98 Å². The van der Waals surface area contributed by atoms with Gasteiger partial charge in [-0.3, -0.25) is 0 Å². The van der Waals surface area contributed by atoms with E-state index in [1.54, 1.807) is 0 Å². The fraction of sp³-hybridized carbons (Fsp3) is 0.462. The molecular weight excluding hydrogens is 200 g/mol. The maximum absolute atomic E-state index is 5.57. The van der Waals surface area contributed by atoms with Gasteiger partial charge in [-0.05, 0) is 43.0 Å². The van der Waals surface area contributed by atoms with Gasteiger partial charge < -0.3 is 9.73 Å². The van der Waals surface area contributed by atoms with Gasteiger partial charge in [0.15, 0.2) is 11.5 Å². The van der Waals surface area contributed by atoms with E-state index in [0.717, 1.165) is 30.1 Å². The van der Waals surface area contributed by atoms with Gasteiger partial charge in [-0.1, -0.05) is 6.07 Å². The van der Waals surface area contributed by atoms with Crippen molar-refractivity contribution in [2.75, 3.05) is 13.1 Å². The molecule has 0 saturated carbocycles. The monoisotopic (exact) mass is 216 g/mol. The van der Waals surface area contributed by atoms with Crippen LogP contribution in [0.3, 0.4) is 0 Å². The fourth-order valence-electron chi connectivity index (χ4n) is 2.45. The quantitative estimate of drug-likeness (QED) is 0.796. The minimum absolute atomic E-state index is 0.628. The van der Waals surface area contributed by atoms with E-state index < -0.39 is 0 Å². The number of nitrogens with zero attached hydrogens (tertiary/aromatic N) is 1. The van der Waals surface area contributed by atoms with Crippen molar-refractivity contribution in [2.45, 2.75) is 25.7 Å². The SMILES string of the molecule is Cc1nc2ccc(C3CCCNC3)cc2o1. The van der Waals surface area contributed by atoms with E-state index in [-0.39, 0.29) is 0 Å². The fourth-order valence-corrected chi connectivity index (χ4v) is 2.45. The number of hydrogen-bond donors (Lipinski definition) is 1. The molecular formula is C13H16N2O. The van der Waals surface area contributed by atoms with Crippen molar-refractivity contribution in [3.8, 4) is 0 Å². The molecule has 84 valence electrons. The molecule has 1 aliphatic heterocycles. The molecule has 1 unspecified atom stereocenters. The number of nitrogens with one attached hydrogen (secondary N) is 1. The van der Waals surface area contributed by atoms with Gasteiger partial charge in [-0.15, -0.1) is 0 Å².